The van der Waals surface area contributed by atoms with Crippen LogP contribution in [0.5, 0.6) is 0 Å². The second-order valence-electron chi connectivity index (χ2n) is 5.58. The van der Waals surface area contributed by atoms with E-state index in [-0.39, 0.29) is 11.6 Å². The molecule has 1 N–H and O–H groups in total. The third-order valence-electron chi connectivity index (χ3n) is 4.02. The molecular weight excluding hydrogens is 304 g/mol. The number of carboxylic acid groups (broad SMARTS) is 1. The first-order valence-corrected chi connectivity index (χ1v) is 7.62. The molecule has 1 saturated heterocycles. The van der Waals surface area contributed by atoms with Crippen LogP contribution >= 0.6 is 11.6 Å². The number of aromatic carboxylic acids is 1. The first-order chi connectivity index (χ1) is 10.6. The third kappa shape index (κ3) is 2.87. The van der Waals surface area contributed by atoms with Gasteiger partial charge in [-0.25, -0.2) is 4.79 Å². The van der Waals surface area contributed by atoms with E-state index in [4.69, 9.17) is 21.2 Å². The Hall–Kier alpha value is -1.85. The monoisotopic (exact) mass is 320 g/mol. The summed E-state index contributed by atoms with van der Waals surface area (Å²) >= 11 is 6.24. The molecule has 2 heterocycles. The molecule has 22 heavy (non-hydrogen) atoms. The number of aryl methyl sites for hydroxylation is 1. The molecule has 116 valence electrons. The van der Waals surface area contributed by atoms with Gasteiger partial charge in [-0.1, -0.05) is 28.9 Å². The first kappa shape index (κ1) is 15.1. The van der Waals surface area contributed by atoms with E-state index in [9.17, 15) is 4.79 Å². The summed E-state index contributed by atoms with van der Waals surface area (Å²) in [6.07, 6.45) is 2.07. The van der Waals surface area contributed by atoms with E-state index in [1.165, 1.54) is 6.07 Å². The maximum absolute atomic E-state index is 11.2. The largest absolute Gasteiger partial charge is 0.478 e. The Morgan fingerprint density at radius 1 is 1.55 bits per heavy atom. The van der Waals surface area contributed by atoms with Gasteiger partial charge in [-0.15, -0.1) is 0 Å². The number of rotatable bonds is 4. The molecule has 0 aliphatic carbocycles. The number of halogens is 1. The predicted molar refractivity (Wildman–Crippen MR) is 82.0 cm³/mol. The number of aromatic nitrogens is 1. The molecule has 6 heteroatoms. The van der Waals surface area contributed by atoms with Crippen LogP contribution in [0.1, 0.15) is 46.3 Å². The van der Waals surface area contributed by atoms with E-state index in [2.05, 4.69) is 10.1 Å². The van der Waals surface area contributed by atoms with E-state index in [1.807, 2.05) is 19.1 Å². The van der Waals surface area contributed by atoms with Crippen molar-refractivity contribution in [3.05, 3.63) is 51.9 Å². The minimum atomic E-state index is -1.00. The summed E-state index contributed by atoms with van der Waals surface area (Å²) in [6, 6.07) is 7.25. The number of carbonyl (C=O) groups is 1. The van der Waals surface area contributed by atoms with Gasteiger partial charge in [0, 0.05) is 12.6 Å². The smallest absolute Gasteiger partial charge is 0.337 e. The van der Waals surface area contributed by atoms with Gasteiger partial charge in [0.2, 0.25) is 0 Å². The molecular formula is C16H17ClN2O3. The zero-order valence-electron chi connectivity index (χ0n) is 12.3. The van der Waals surface area contributed by atoms with Gasteiger partial charge in [0.05, 0.1) is 22.3 Å². The fraction of sp³-hybridized carbons (Fsp3) is 0.375. The maximum atomic E-state index is 11.2. The minimum absolute atomic E-state index is 0.144. The van der Waals surface area contributed by atoms with Crippen molar-refractivity contribution in [2.45, 2.75) is 32.4 Å². The third-order valence-corrected chi connectivity index (χ3v) is 4.47. The molecule has 3 rings (SSSR count). The molecule has 1 aliphatic rings. The van der Waals surface area contributed by atoms with Crippen LogP contribution in [0.2, 0.25) is 5.02 Å². The highest BCUT2D eigenvalue weighted by Crippen LogP contribution is 2.34. The topological polar surface area (TPSA) is 66.6 Å². The summed E-state index contributed by atoms with van der Waals surface area (Å²) in [4.78, 5) is 13.4. The van der Waals surface area contributed by atoms with Crippen molar-refractivity contribution in [1.29, 1.82) is 0 Å². The van der Waals surface area contributed by atoms with Crippen molar-refractivity contribution in [3.8, 4) is 0 Å². The Morgan fingerprint density at radius 3 is 3.05 bits per heavy atom. The van der Waals surface area contributed by atoms with E-state index in [0.29, 0.717) is 11.6 Å². The Balaban J connectivity index is 1.83. The van der Waals surface area contributed by atoms with Crippen LogP contribution in [0.3, 0.4) is 0 Å². The first-order valence-electron chi connectivity index (χ1n) is 7.24. The van der Waals surface area contributed by atoms with Crippen molar-refractivity contribution < 1.29 is 14.4 Å². The Kier molecular flexibility index (Phi) is 4.18. The lowest BCUT2D eigenvalue weighted by molar-refractivity contribution is 0.0697. The number of likely N-dealkylation sites (tertiary alicyclic amines) is 1. The Morgan fingerprint density at radius 2 is 2.36 bits per heavy atom. The highest BCUT2D eigenvalue weighted by atomic mass is 35.5. The van der Waals surface area contributed by atoms with Crippen molar-refractivity contribution in [2.75, 3.05) is 6.54 Å². The van der Waals surface area contributed by atoms with Gasteiger partial charge in [-0.3, -0.25) is 4.90 Å². The van der Waals surface area contributed by atoms with E-state index >= 15 is 0 Å². The molecule has 0 saturated carbocycles. The number of hydrogen-bond acceptors (Lipinski definition) is 4. The summed E-state index contributed by atoms with van der Waals surface area (Å²) in [7, 11) is 0. The molecule has 0 bridgehead atoms. The minimum Gasteiger partial charge on any atom is -0.478 e. The van der Waals surface area contributed by atoms with E-state index < -0.39 is 5.97 Å². The fourth-order valence-electron chi connectivity index (χ4n) is 2.96. The quantitative estimate of drug-likeness (QED) is 0.931. The zero-order valence-corrected chi connectivity index (χ0v) is 13.0. The van der Waals surface area contributed by atoms with Gasteiger partial charge in [0.25, 0.3) is 0 Å². The second-order valence-corrected chi connectivity index (χ2v) is 5.96. The standard InChI is InChI=1S/C16H17ClN2O3/c1-10-8-14(22-18-10)13-6-3-7-19(13)9-11-4-2-5-12(15(11)17)16(20)21/h2,4-5,8,13H,3,6-7,9H2,1H3,(H,20,21). The highest BCUT2D eigenvalue weighted by molar-refractivity contribution is 6.34. The highest BCUT2D eigenvalue weighted by Gasteiger charge is 2.29. The molecule has 1 aromatic carbocycles. The van der Waals surface area contributed by atoms with Crippen molar-refractivity contribution >= 4 is 17.6 Å². The lowest BCUT2D eigenvalue weighted by atomic mass is 10.1. The molecule has 0 spiro atoms. The van der Waals surface area contributed by atoms with E-state index in [0.717, 1.165) is 36.4 Å². The molecule has 1 aromatic heterocycles. The van der Waals surface area contributed by atoms with Gasteiger partial charge < -0.3 is 9.63 Å². The van der Waals surface area contributed by atoms with Crippen LogP contribution in [0.15, 0.2) is 28.8 Å². The number of carboxylic acids is 1. The van der Waals surface area contributed by atoms with Crippen LogP contribution in [-0.2, 0) is 6.54 Å². The SMILES string of the molecule is Cc1cc(C2CCCN2Cc2cccc(C(=O)O)c2Cl)on1. The van der Waals surface area contributed by atoms with Gasteiger partial charge in [0.1, 0.15) is 0 Å². The molecule has 1 aliphatic heterocycles. The Labute approximate surface area is 133 Å². The van der Waals surface area contributed by atoms with E-state index in [1.54, 1.807) is 6.07 Å². The molecule has 1 atom stereocenters. The number of hydrogen-bond donors (Lipinski definition) is 1. The van der Waals surface area contributed by atoms with Gasteiger partial charge in [-0.05, 0) is 37.9 Å². The lowest BCUT2D eigenvalue weighted by Crippen LogP contribution is -2.23. The lowest BCUT2D eigenvalue weighted by Gasteiger charge is -2.23. The summed E-state index contributed by atoms with van der Waals surface area (Å²) < 4.78 is 5.39. The van der Waals surface area contributed by atoms with Crippen molar-refractivity contribution in [3.63, 3.8) is 0 Å². The molecule has 0 amide bonds. The normalized spacial score (nSPS) is 18.7. The fourth-order valence-corrected chi connectivity index (χ4v) is 3.23. The molecule has 5 nitrogen and oxygen atoms in total. The predicted octanol–water partition coefficient (Wildman–Crippen LogP) is 3.67. The number of benzene rings is 1. The van der Waals surface area contributed by atoms with Gasteiger partial charge in [0.15, 0.2) is 5.76 Å². The van der Waals surface area contributed by atoms with Crippen LogP contribution in [0.25, 0.3) is 0 Å². The van der Waals surface area contributed by atoms with Crippen LogP contribution in [0.4, 0.5) is 0 Å². The number of nitrogens with zero attached hydrogens (tertiary/aromatic N) is 2. The average molecular weight is 321 g/mol. The summed E-state index contributed by atoms with van der Waals surface area (Å²) in [5.74, 6) is -0.142. The summed E-state index contributed by atoms with van der Waals surface area (Å²) in [5.41, 5.74) is 1.84. The maximum Gasteiger partial charge on any atom is 0.337 e. The van der Waals surface area contributed by atoms with Gasteiger partial charge >= 0.3 is 5.97 Å². The van der Waals surface area contributed by atoms with Crippen LogP contribution in [0, 0.1) is 6.92 Å². The molecule has 1 unspecified atom stereocenters. The second kappa shape index (κ2) is 6.10. The zero-order chi connectivity index (χ0) is 15.7. The van der Waals surface area contributed by atoms with Crippen molar-refractivity contribution in [1.82, 2.24) is 10.1 Å². The average Bonchev–Trinajstić information content (AvgIpc) is 3.09. The Bertz CT molecular complexity index is 698. The van der Waals surface area contributed by atoms with Crippen LogP contribution < -0.4 is 0 Å². The molecule has 1 fully saturated rings. The summed E-state index contributed by atoms with van der Waals surface area (Å²) in [5, 5.41) is 13.4. The van der Waals surface area contributed by atoms with Gasteiger partial charge in [-0.2, -0.15) is 0 Å². The molecule has 0 radical (unpaired) electrons. The summed E-state index contributed by atoms with van der Waals surface area (Å²) in [6.45, 7) is 3.43. The van der Waals surface area contributed by atoms with Crippen LogP contribution in [-0.4, -0.2) is 27.7 Å². The molecule has 2 aromatic rings. The van der Waals surface area contributed by atoms with Crippen molar-refractivity contribution in [2.24, 2.45) is 0 Å².